The molecule has 68 valence electrons. The highest BCUT2D eigenvalue weighted by molar-refractivity contribution is 7.78. The molecule has 0 spiro atoms. The number of nitrogens with zero attached hydrogens (tertiary/aromatic N) is 1. The van der Waals surface area contributed by atoms with Gasteiger partial charge in [0.05, 0.1) is 22.3 Å². The van der Waals surface area contributed by atoms with Gasteiger partial charge in [0.2, 0.25) is 0 Å². The minimum absolute atomic E-state index is 0.409. The number of ether oxygens (including phenoxy) is 1. The molecule has 0 aliphatic carbocycles. The zero-order valence-corrected chi connectivity index (χ0v) is 9.00. The lowest BCUT2D eigenvalue weighted by Gasteiger charge is -2.04. The van der Waals surface area contributed by atoms with E-state index in [9.17, 15) is 0 Å². The molecule has 5 heteroatoms. The van der Waals surface area contributed by atoms with Crippen LogP contribution in [-0.2, 0) is 0 Å². The van der Waals surface area contributed by atoms with Crippen molar-refractivity contribution in [3.8, 4) is 5.75 Å². The molecule has 0 bridgehead atoms. The summed E-state index contributed by atoms with van der Waals surface area (Å²) in [5, 5.41) is 3.06. The first kappa shape index (κ1) is 10.5. The Hall–Kier alpha value is -0.600. The first-order chi connectivity index (χ1) is 6.19. The van der Waals surface area contributed by atoms with Crippen molar-refractivity contribution in [2.75, 3.05) is 7.11 Å². The van der Waals surface area contributed by atoms with E-state index in [0.29, 0.717) is 21.5 Å². The fourth-order valence-electron chi connectivity index (χ4n) is 0.818. The normalized spacial score (nSPS) is 9.15. The monoisotopic (exact) mass is 233 g/mol. The van der Waals surface area contributed by atoms with Gasteiger partial charge in [-0.1, -0.05) is 23.2 Å². The van der Waals surface area contributed by atoms with Gasteiger partial charge in [-0.2, -0.15) is 4.99 Å². The highest BCUT2D eigenvalue weighted by Crippen LogP contribution is 2.35. The van der Waals surface area contributed by atoms with Crippen molar-refractivity contribution in [2.45, 2.75) is 0 Å². The van der Waals surface area contributed by atoms with Gasteiger partial charge in [0.15, 0.2) is 0 Å². The summed E-state index contributed by atoms with van der Waals surface area (Å²) >= 11 is 16.0. The standard InChI is InChI=1S/C8H5Cl2NOS/c1-12-8-3-6(10)5(9)2-7(8)11-4-13/h2-3H,1H3. The summed E-state index contributed by atoms with van der Waals surface area (Å²) in [4.78, 5) is 3.78. The molecule has 0 aliphatic rings. The van der Waals surface area contributed by atoms with Crippen molar-refractivity contribution in [1.29, 1.82) is 0 Å². The molecule has 0 fully saturated rings. The van der Waals surface area contributed by atoms with Crippen LogP contribution in [0.15, 0.2) is 17.1 Å². The fraction of sp³-hybridized carbons (Fsp3) is 0.125. The second-order valence-electron chi connectivity index (χ2n) is 2.14. The Balaban J connectivity index is 3.32. The van der Waals surface area contributed by atoms with Crippen LogP contribution < -0.4 is 4.74 Å². The van der Waals surface area contributed by atoms with E-state index in [2.05, 4.69) is 22.4 Å². The maximum Gasteiger partial charge on any atom is 0.146 e. The molecule has 0 aromatic heterocycles. The first-order valence-electron chi connectivity index (χ1n) is 3.30. The van der Waals surface area contributed by atoms with Gasteiger partial charge in [-0.25, -0.2) is 0 Å². The van der Waals surface area contributed by atoms with E-state index in [0.717, 1.165) is 0 Å². The van der Waals surface area contributed by atoms with E-state index in [1.165, 1.54) is 7.11 Å². The molecule has 0 atom stereocenters. The summed E-state index contributed by atoms with van der Waals surface area (Å²) < 4.78 is 5.01. The molecule has 0 radical (unpaired) electrons. The van der Waals surface area contributed by atoms with Gasteiger partial charge in [-0.3, -0.25) is 0 Å². The van der Waals surface area contributed by atoms with Crippen LogP contribution in [0.3, 0.4) is 0 Å². The van der Waals surface area contributed by atoms with E-state index < -0.39 is 0 Å². The number of halogens is 2. The van der Waals surface area contributed by atoms with E-state index in [1.54, 1.807) is 12.1 Å². The summed E-state index contributed by atoms with van der Waals surface area (Å²) in [5.41, 5.74) is 0.520. The van der Waals surface area contributed by atoms with Crippen LogP contribution in [0, 0.1) is 0 Å². The molecular weight excluding hydrogens is 229 g/mol. The number of aliphatic imine (C=N–C) groups is 1. The van der Waals surface area contributed by atoms with E-state index >= 15 is 0 Å². The van der Waals surface area contributed by atoms with Crippen LogP contribution in [0.5, 0.6) is 5.75 Å². The molecule has 0 heterocycles. The number of methoxy groups -OCH3 is 1. The third-order valence-electron chi connectivity index (χ3n) is 1.39. The number of hydrogen-bond acceptors (Lipinski definition) is 3. The van der Waals surface area contributed by atoms with Crippen LogP contribution in [0.2, 0.25) is 10.0 Å². The second-order valence-corrected chi connectivity index (χ2v) is 3.14. The van der Waals surface area contributed by atoms with Gasteiger partial charge >= 0.3 is 0 Å². The highest BCUT2D eigenvalue weighted by Gasteiger charge is 2.06. The SMILES string of the molecule is COc1cc(Cl)c(Cl)cc1N=C=S. The zero-order valence-electron chi connectivity index (χ0n) is 6.67. The Morgan fingerprint density at radius 2 is 2.00 bits per heavy atom. The molecular formula is C8H5Cl2NOS. The summed E-state index contributed by atoms with van der Waals surface area (Å²) in [6.45, 7) is 0. The average Bonchev–Trinajstić information content (AvgIpc) is 2.11. The third-order valence-corrected chi connectivity index (χ3v) is 2.20. The summed E-state index contributed by atoms with van der Waals surface area (Å²) in [7, 11) is 1.52. The molecule has 0 saturated heterocycles. The van der Waals surface area contributed by atoms with Crippen LogP contribution in [-0.4, -0.2) is 12.3 Å². The topological polar surface area (TPSA) is 21.6 Å². The lowest BCUT2D eigenvalue weighted by molar-refractivity contribution is 0.416. The van der Waals surface area contributed by atoms with Crippen molar-refractivity contribution < 1.29 is 4.74 Å². The largest absolute Gasteiger partial charge is 0.494 e. The van der Waals surface area contributed by atoms with Crippen molar-refractivity contribution in [1.82, 2.24) is 0 Å². The molecule has 13 heavy (non-hydrogen) atoms. The minimum atomic E-state index is 0.409. The van der Waals surface area contributed by atoms with E-state index in [-0.39, 0.29) is 0 Å². The molecule has 0 aliphatic heterocycles. The van der Waals surface area contributed by atoms with Gasteiger partial charge in [-0.15, -0.1) is 0 Å². The van der Waals surface area contributed by atoms with E-state index in [4.69, 9.17) is 27.9 Å². The van der Waals surface area contributed by atoms with E-state index in [1.807, 2.05) is 0 Å². The maximum atomic E-state index is 5.77. The number of isothiocyanates is 1. The summed E-state index contributed by atoms with van der Waals surface area (Å²) in [5.74, 6) is 0.520. The number of hydrogen-bond donors (Lipinski definition) is 0. The third kappa shape index (κ3) is 2.42. The Morgan fingerprint density at radius 3 is 2.54 bits per heavy atom. The van der Waals surface area contributed by atoms with Crippen molar-refractivity contribution in [3.05, 3.63) is 22.2 Å². The smallest absolute Gasteiger partial charge is 0.146 e. The molecule has 1 aromatic carbocycles. The molecule has 1 rings (SSSR count). The molecule has 2 nitrogen and oxygen atoms in total. The second kappa shape index (κ2) is 4.58. The van der Waals surface area contributed by atoms with Crippen LogP contribution >= 0.6 is 35.4 Å². The number of thiocarbonyl (C=S) groups is 1. The molecule has 0 N–H and O–H groups in total. The van der Waals surface area contributed by atoms with Gasteiger partial charge in [0, 0.05) is 6.07 Å². The number of benzene rings is 1. The molecule has 0 amide bonds. The molecule has 0 saturated carbocycles. The predicted molar refractivity (Wildman–Crippen MR) is 57.7 cm³/mol. The molecule has 0 unspecified atom stereocenters. The Kier molecular flexibility index (Phi) is 3.70. The first-order valence-corrected chi connectivity index (χ1v) is 4.46. The fourth-order valence-corrected chi connectivity index (χ4v) is 1.23. The number of rotatable bonds is 2. The average molecular weight is 234 g/mol. The van der Waals surface area contributed by atoms with Crippen molar-refractivity contribution in [2.24, 2.45) is 4.99 Å². The van der Waals surface area contributed by atoms with Crippen molar-refractivity contribution >= 4 is 46.3 Å². The maximum absolute atomic E-state index is 5.77. The van der Waals surface area contributed by atoms with Crippen LogP contribution in [0.1, 0.15) is 0 Å². The van der Waals surface area contributed by atoms with Gasteiger partial charge < -0.3 is 4.74 Å². The predicted octanol–water partition coefficient (Wildman–Crippen LogP) is 3.74. The summed E-state index contributed by atoms with van der Waals surface area (Å²) in [6.07, 6.45) is 0. The zero-order chi connectivity index (χ0) is 9.84. The summed E-state index contributed by atoms with van der Waals surface area (Å²) in [6, 6.07) is 3.15. The van der Waals surface area contributed by atoms with Crippen LogP contribution in [0.4, 0.5) is 5.69 Å². The quantitative estimate of drug-likeness (QED) is 0.574. The molecule has 1 aromatic rings. The highest BCUT2D eigenvalue weighted by atomic mass is 35.5. The van der Waals surface area contributed by atoms with Crippen LogP contribution in [0.25, 0.3) is 0 Å². The lowest BCUT2D eigenvalue weighted by atomic mass is 10.3. The Bertz CT molecular complexity index is 375. The Labute approximate surface area is 91.1 Å². The minimum Gasteiger partial charge on any atom is -0.494 e. The van der Waals surface area contributed by atoms with Crippen molar-refractivity contribution in [3.63, 3.8) is 0 Å². The van der Waals surface area contributed by atoms with Gasteiger partial charge in [0.1, 0.15) is 11.4 Å². The van der Waals surface area contributed by atoms with Gasteiger partial charge in [-0.05, 0) is 18.3 Å². The lowest BCUT2D eigenvalue weighted by Crippen LogP contribution is -1.83. The van der Waals surface area contributed by atoms with Gasteiger partial charge in [0.25, 0.3) is 0 Å². The Morgan fingerprint density at radius 1 is 1.38 bits per heavy atom.